The largest absolute Gasteiger partial charge is 0.462 e. The van der Waals surface area contributed by atoms with Gasteiger partial charge in [0.25, 0.3) is 0 Å². The molecular weight excluding hydrogens is 411 g/mol. The molecule has 0 unspecified atom stereocenters. The fourth-order valence-corrected chi connectivity index (χ4v) is 1.46. The van der Waals surface area contributed by atoms with Gasteiger partial charge in [-0.25, -0.2) is 9.18 Å². The lowest BCUT2D eigenvalue weighted by Gasteiger charge is -2.41. The van der Waals surface area contributed by atoms with Crippen molar-refractivity contribution in [2.45, 2.75) is 42.2 Å². The number of carbonyl (C=O) groups is 1. The normalized spacial score (nSPS) is 15.0. The number of hydrogen-bond acceptors (Lipinski definition) is 2. The van der Waals surface area contributed by atoms with E-state index in [2.05, 4.69) is 11.3 Å². The van der Waals surface area contributed by atoms with Crippen LogP contribution in [0.3, 0.4) is 0 Å². The van der Waals surface area contributed by atoms with Crippen LogP contribution < -0.4 is 0 Å². The molecule has 0 aromatic heterocycles. The first-order valence-electron chi connectivity index (χ1n) is 5.95. The summed E-state index contributed by atoms with van der Waals surface area (Å²) < 4.78 is 169. The summed E-state index contributed by atoms with van der Waals surface area (Å²) in [5.74, 6) is -23.3. The Labute approximate surface area is 135 Å². The second kappa shape index (κ2) is 6.79. The maximum absolute atomic E-state index is 13.2. The van der Waals surface area contributed by atoms with Crippen molar-refractivity contribution in [3.63, 3.8) is 0 Å². The summed E-state index contributed by atoms with van der Waals surface area (Å²) in [7, 11) is 0. The smallest absolute Gasteiger partial charge is 0.438 e. The predicted molar refractivity (Wildman–Crippen MR) is 56.6 cm³/mol. The first-order valence-corrected chi connectivity index (χ1v) is 5.95. The van der Waals surface area contributed by atoms with Gasteiger partial charge in [-0.2, -0.15) is 52.7 Å². The van der Waals surface area contributed by atoms with Gasteiger partial charge < -0.3 is 4.74 Å². The summed E-state index contributed by atoms with van der Waals surface area (Å²) >= 11 is 0. The van der Waals surface area contributed by atoms with Crippen molar-refractivity contribution in [2.24, 2.45) is 0 Å². The van der Waals surface area contributed by atoms with Crippen LogP contribution in [0.4, 0.5) is 57.1 Å². The molecule has 0 saturated heterocycles. The molecule has 15 heteroatoms. The number of hydrogen-bond donors (Lipinski definition) is 0. The molecule has 0 saturated carbocycles. The van der Waals surface area contributed by atoms with Gasteiger partial charge in [0.1, 0.15) is 0 Å². The zero-order valence-electron chi connectivity index (χ0n) is 11.9. The number of esters is 1. The maximum atomic E-state index is 13.2. The van der Waals surface area contributed by atoms with E-state index in [0.29, 0.717) is 6.08 Å². The Morgan fingerprint density at radius 1 is 0.769 bits per heavy atom. The SMILES string of the molecule is C=CC(=O)OCCC(F)(F)C(F)(F)C(F)(F)C(F)(C(F)(F)F)C(F)(F)F. The number of carbonyl (C=O) groups excluding carboxylic acids is 1. The summed E-state index contributed by atoms with van der Waals surface area (Å²) in [5, 5.41) is 0. The standard InChI is InChI=1S/C11H7F13O2/c1-2-5(25)26-4-3-6(12,13)8(15,16)9(17,18)7(14,10(19,20)21)11(22,23)24/h2H,1,3-4H2. The molecule has 0 bridgehead atoms. The van der Waals surface area contributed by atoms with Crippen molar-refractivity contribution < 1.29 is 66.6 Å². The van der Waals surface area contributed by atoms with Gasteiger partial charge in [0, 0.05) is 6.08 Å². The van der Waals surface area contributed by atoms with E-state index >= 15 is 0 Å². The third-order valence-corrected chi connectivity index (χ3v) is 2.89. The van der Waals surface area contributed by atoms with Crippen LogP contribution in [-0.2, 0) is 9.53 Å². The van der Waals surface area contributed by atoms with Crippen LogP contribution in [0.25, 0.3) is 0 Å². The lowest BCUT2D eigenvalue weighted by Crippen LogP contribution is -2.73. The first-order chi connectivity index (χ1) is 11.2. The van der Waals surface area contributed by atoms with Crippen molar-refractivity contribution in [3.05, 3.63) is 12.7 Å². The zero-order valence-corrected chi connectivity index (χ0v) is 11.9. The Morgan fingerprint density at radius 2 is 1.15 bits per heavy atom. The molecule has 2 nitrogen and oxygen atoms in total. The summed E-state index contributed by atoms with van der Waals surface area (Å²) in [4.78, 5) is 10.5. The molecule has 0 aliphatic heterocycles. The average Bonchev–Trinajstić information content (AvgIpc) is 2.42. The van der Waals surface area contributed by atoms with Crippen LogP contribution in [0.2, 0.25) is 0 Å². The highest BCUT2D eigenvalue weighted by molar-refractivity contribution is 5.81. The number of alkyl halides is 13. The van der Waals surface area contributed by atoms with Crippen molar-refractivity contribution in [1.29, 1.82) is 0 Å². The number of ether oxygens (including phenoxy) is 1. The molecule has 0 aromatic carbocycles. The lowest BCUT2D eigenvalue weighted by atomic mass is 9.87. The number of halogens is 13. The van der Waals surface area contributed by atoms with Crippen molar-refractivity contribution >= 4 is 5.97 Å². The van der Waals surface area contributed by atoms with Gasteiger partial charge in [0.05, 0.1) is 13.0 Å². The van der Waals surface area contributed by atoms with Crippen LogP contribution in [0.5, 0.6) is 0 Å². The zero-order chi connectivity index (χ0) is 21.4. The summed E-state index contributed by atoms with van der Waals surface area (Å²) in [6.45, 7) is 0.902. The van der Waals surface area contributed by atoms with Crippen LogP contribution in [0.15, 0.2) is 12.7 Å². The van der Waals surface area contributed by atoms with E-state index < -0.39 is 54.8 Å². The van der Waals surface area contributed by atoms with E-state index in [1.54, 1.807) is 0 Å². The van der Waals surface area contributed by atoms with Gasteiger partial charge in [-0.3, -0.25) is 0 Å². The maximum Gasteiger partial charge on any atom is 0.438 e. The lowest BCUT2D eigenvalue weighted by molar-refractivity contribution is -0.445. The summed E-state index contributed by atoms with van der Waals surface area (Å²) in [5.41, 5.74) is -7.99. The fraction of sp³-hybridized carbons (Fsp3) is 0.727. The Balaban J connectivity index is 6.04. The van der Waals surface area contributed by atoms with Crippen molar-refractivity contribution in [1.82, 2.24) is 0 Å². The van der Waals surface area contributed by atoms with Gasteiger partial charge in [-0.1, -0.05) is 6.58 Å². The van der Waals surface area contributed by atoms with E-state index in [0.717, 1.165) is 0 Å². The molecule has 154 valence electrons. The van der Waals surface area contributed by atoms with Gasteiger partial charge in [-0.15, -0.1) is 0 Å². The highest BCUT2D eigenvalue weighted by Crippen LogP contribution is 2.62. The molecular formula is C11H7F13O2. The van der Waals surface area contributed by atoms with E-state index in [9.17, 15) is 61.9 Å². The molecule has 0 spiro atoms. The fourth-order valence-electron chi connectivity index (χ4n) is 1.46. The molecule has 0 aliphatic rings. The predicted octanol–water partition coefficient (Wildman–Crippen LogP) is 4.84. The second-order valence-corrected chi connectivity index (χ2v) is 4.63. The number of rotatable bonds is 7. The minimum Gasteiger partial charge on any atom is -0.462 e. The Morgan fingerprint density at radius 3 is 1.46 bits per heavy atom. The molecule has 0 amide bonds. The topological polar surface area (TPSA) is 26.3 Å². The second-order valence-electron chi connectivity index (χ2n) is 4.63. The molecule has 0 fully saturated rings. The monoisotopic (exact) mass is 418 g/mol. The molecule has 0 rings (SSSR count). The average molecular weight is 418 g/mol. The molecule has 0 atom stereocenters. The minimum absolute atomic E-state index is 0.296. The van der Waals surface area contributed by atoms with Gasteiger partial charge in [-0.05, 0) is 0 Å². The molecule has 0 N–H and O–H groups in total. The molecule has 0 aliphatic carbocycles. The van der Waals surface area contributed by atoms with Gasteiger partial charge in [0.15, 0.2) is 0 Å². The van der Waals surface area contributed by atoms with Gasteiger partial charge >= 0.3 is 41.8 Å². The van der Waals surface area contributed by atoms with Crippen LogP contribution in [0.1, 0.15) is 6.42 Å². The minimum atomic E-state index is -7.99. The van der Waals surface area contributed by atoms with E-state index in [1.807, 2.05) is 0 Å². The van der Waals surface area contributed by atoms with E-state index in [4.69, 9.17) is 0 Å². The van der Waals surface area contributed by atoms with Crippen LogP contribution in [-0.4, -0.2) is 48.4 Å². The van der Waals surface area contributed by atoms with Crippen molar-refractivity contribution in [2.75, 3.05) is 6.61 Å². The molecule has 26 heavy (non-hydrogen) atoms. The third kappa shape index (κ3) is 3.70. The van der Waals surface area contributed by atoms with E-state index in [-0.39, 0.29) is 0 Å². The van der Waals surface area contributed by atoms with E-state index in [1.165, 1.54) is 0 Å². The molecule has 0 aromatic rings. The van der Waals surface area contributed by atoms with Crippen LogP contribution >= 0.6 is 0 Å². The Bertz CT molecular complexity index is 517. The highest BCUT2D eigenvalue weighted by Gasteiger charge is 2.93. The summed E-state index contributed by atoms with van der Waals surface area (Å²) in [6.07, 6.45) is -17.8. The molecule has 0 radical (unpaired) electrons. The Hall–Kier alpha value is -1.70. The first kappa shape index (κ1) is 24.3. The Kier molecular flexibility index (Phi) is 6.35. The summed E-state index contributed by atoms with van der Waals surface area (Å²) in [6, 6.07) is 0. The molecule has 0 heterocycles. The van der Waals surface area contributed by atoms with Crippen LogP contribution in [0, 0.1) is 0 Å². The van der Waals surface area contributed by atoms with Gasteiger partial charge in [0.2, 0.25) is 0 Å². The third-order valence-electron chi connectivity index (χ3n) is 2.89. The highest BCUT2D eigenvalue weighted by atomic mass is 19.4. The quantitative estimate of drug-likeness (QED) is 0.336. The van der Waals surface area contributed by atoms with Crippen molar-refractivity contribution in [3.8, 4) is 0 Å².